The second-order valence-electron chi connectivity index (χ2n) is 6.18. The van der Waals surface area contributed by atoms with Crippen molar-refractivity contribution in [3.8, 4) is 11.4 Å². The highest BCUT2D eigenvalue weighted by Gasteiger charge is 2.31. The van der Waals surface area contributed by atoms with E-state index in [1.54, 1.807) is 6.07 Å². The Morgan fingerprint density at radius 1 is 1.18 bits per heavy atom. The lowest BCUT2D eigenvalue weighted by molar-refractivity contribution is -0.137. The molecule has 0 saturated heterocycles. The summed E-state index contributed by atoms with van der Waals surface area (Å²) in [6.45, 7) is 3.43. The van der Waals surface area contributed by atoms with E-state index in [9.17, 15) is 18.0 Å². The van der Waals surface area contributed by atoms with Crippen LogP contribution in [0.3, 0.4) is 0 Å². The van der Waals surface area contributed by atoms with Crippen molar-refractivity contribution >= 4 is 11.6 Å². The average Bonchev–Trinajstić information content (AvgIpc) is 3.14. The van der Waals surface area contributed by atoms with Gasteiger partial charge in [0.1, 0.15) is 18.4 Å². The number of hydrogen-bond acceptors (Lipinski definition) is 4. The smallest absolute Gasteiger partial charge is 0.416 e. The molecule has 2 aromatic carbocycles. The SMILES string of the molecule is Cc1ccc(OCC(=O)Nc2cc(C(F)(F)F)ccc2-n2cncn2)c(C)c1. The number of amides is 1. The zero-order chi connectivity index (χ0) is 20.3. The normalized spacial score (nSPS) is 11.3. The number of benzene rings is 2. The van der Waals surface area contributed by atoms with Crippen LogP contribution in [0.5, 0.6) is 5.75 Å². The molecule has 146 valence electrons. The van der Waals surface area contributed by atoms with Crippen LogP contribution in [0.15, 0.2) is 49.1 Å². The van der Waals surface area contributed by atoms with Crippen LogP contribution in [0.2, 0.25) is 0 Å². The summed E-state index contributed by atoms with van der Waals surface area (Å²) in [7, 11) is 0. The van der Waals surface area contributed by atoms with Crippen molar-refractivity contribution in [2.24, 2.45) is 0 Å². The Labute approximate surface area is 159 Å². The fourth-order valence-corrected chi connectivity index (χ4v) is 2.64. The van der Waals surface area contributed by atoms with Crippen LogP contribution in [-0.4, -0.2) is 27.3 Å². The van der Waals surface area contributed by atoms with Crippen molar-refractivity contribution < 1.29 is 22.7 Å². The summed E-state index contributed by atoms with van der Waals surface area (Å²) in [4.78, 5) is 16.1. The van der Waals surface area contributed by atoms with E-state index in [1.807, 2.05) is 26.0 Å². The van der Waals surface area contributed by atoms with E-state index in [-0.39, 0.29) is 18.0 Å². The number of carbonyl (C=O) groups is 1. The summed E-state index contributed by atoms with van der Waals surface area (Å²) in [5.74, 6) is -0.0676. The van der Waals surface area contributed by atoms with Crippen molar-refractivity contribution in [3.63, 3.8) is 0 Å². The fourth-order valence-electron chi connectivity index (χ4n) is 2.64. The third-order valence-electron chi connectivity index (χ3n) is 3.95. The molecule has 1 heterocycles. The second-order valence-corrected chi connectivity index (χ2v) is 6.18. The number of nitrogens with zero attached hydrogens (tertiary/aromatic N) is 3. The Morgan fingerprint density at radius 2 is 1.96 bits per heavy atom. The first-order valence-electron chi connectivity index (χ1n) is 8.30. The first-order chi connectivity index (χ1) is 13.2. The van der Waals surface area contributed by atoms with Gasteiger partial charge in [0.05, 0.1) is 16.9 Å². The molecule has 3 aromatic rings. The predicted octanol–water partition coefficient (Wildman–Crippen LogP) is 3.92. The summed E-state index contributed by atoms with van der Waals surface area (Å²) in [5, 5.41) is 6.36. The van der Waals surface area contributed by atoms with E-state index < -0.39 is 17.6 Å². The predicted molar refractivity (Wildman–Crippen MR) is 96.4 cm³/mol. The number of anilines is 1. The highest BCUT2D eigenvalue weighted by atomic mass is 19.4. The monoisotopic (exact) mass is 390 g/mol. The summed E-state index contributed by atoms with van der Waals surface area (Å²) < 4.78 is 45.9. The number of ether oxygens (including phenoxy) is 1. The summed E-state index contributed by atoms with van der Waals surface area (Å²) in [6, 6.07) is 8.48. The van der Waals surface area contributed by atoms with Gasteiger partial charge in [0.2, 0.25) is 0 Å². The van der Waals surface area contributed by atoms with Crippen LogP contribution in [-0.2, 0) is 11.0 Å². The van der Waals surface area contributed by atoms with Crippen molar-refractivity contribution in [2.75, 3.05) is 11.9 Å². The molecule has 6 nitrogen and oxygen atoms in total. The Morgan fingerprint density at radius 3 is 2.61 bits per heavy atom. The van der Waals surface area contributed by atoms with Gasteiger partial charge in [-0.3, -0.25) is 4.79 Å². The lowest BCUT2D eigenvalue weighted by atomic mass is 10.1. The molecule has 0 radical (unpaired) electrons. The lowest BCUT2D eigenvalue weighted by Crippen LogP contribution is -2.22. The highest BCUT2D eigenvalue weighted by molar-refractivity contribution is 5.94. The maximum absolute atomic E-state index is 13.1. The van der Waals surface area contributed by atoms with Gasteiger partial charge >= 0.3 is 6.18 Å². The minimum absolute atomic E-state index is 0.0467. The largest absolute Gasteiger partial charge is 0.483 e. The summed E-state index contributed by atoms with van der Waals surface area (Å²) in [5.41, 5.74) is 1.23. The molecule has 1 N–H and O–H groups in total. The first-order valence-corrected chi connectivity index (χ1v) is 8.30. The molecule has 3 rings (SSSR count). The maximum Gasteiger partial charge on any atom is 0.416 e. The van der Waals surface area contributed by atoms with E-state index in [4.69, 9.17) is 4.74 Å². The van der Waals surface area contributed by atoms with E-state index in [0.717, 1.165) is 23.3 Å². The lowest BCUT2D eigenvalue weighted by Gasteiger charge is -2.15. The molecular weight excluding hydrogens is 373 g/mol. The van der Waals surface area contributed by atoms with Gasteiger partial charge in [-0.1, -0.05) is 17.7 Å². The van der Waals surface area contributed by atoms with Crippen molar-refractivity contribution in [2.45, 2.75) is 20.0 Å². The Balaban J connectivity index is 1.80. The van der Waals surface area contributed by atoms with Crippen molar-refractivity contribution in [1.82, 2.24) is 14.8 Å². The second kappa shape index (κ2) is 7.71. The molecule has 0 aliphatic rings. The minimum Gasteiger partial charge on any atom is -0.483 e. The van der Waals surface area contributed by atoms with E-state index in [1.165, 1.54) is 23.4 Å². The zero-order valence-electron chi connectivity index (χ0n) is 15.1. The fraction of sp³-hybridized carbons (Fsp3) is 0.211. The summed E-state index contributed by atoms with van der Waals surface area (Å²) in [6.07, 6.45) is -1.98. The number of aromatic nitrogens is 3. The van der Waals surface area contributed by atoms with Gasteiger partial charge in [-0.25, -0.2) is 9.67 Å². The molecule has 9 heteroatoms. The number of carbonyl (C=O) groups excluding carboxylic acids is 1. The molecule has 0 fully saturated rings. The van der Waals surface area contributed by atoms with E-state index in [0.29, 0.717) is 5.75 Å². The van der Waals surface area contributed by atoms with Crippen LogP contribution in [0.4, 0.5) is 18.9 Å². The molecular formula is C19H17F3N4O2. The Kier molecular flexibility index (Phi) is 5.34. The molecule has 0 saturated carbocycles. The van der Waals surface area contributed by atoms with Gasteiger partial charge in [0.25, 0.3) is 5.91 Å². The van der Waals surface area contributed by atoms with Gasteiger partial charge in [-0.2, -0.15) is 18.3 Å². The van der Waals surface area contributed by atoms with Crippen LogP contribution in [0, 0.1) is 13.8 Å². The van der Waals surface area contributed by atoms with Crippen molar-refractivity contribution in [3.05, 3.63) is 65.7 Å². The molecule has 0 spiro atoms. The standard InChI is InChI=1S/C19H17F3N4O2/c1-12-3-6-17(13(2)7-12)28-9-18(27)25-15-8-14(19(20,21)22)4-5-16(15)26-11-23-10-24-26/h3-8,10-11H,9H2,1-2H3,(H,25,27). The molecule has 28 heavy (non-hydrogen) atoms. The van der Waals surface area contributed by atoms with Gasteiger partial charge in [-0.05, 0) is 43.7 Å². The molecule has 0 bridgehead atoms. The minimum atomic E-state index is -4.55. The zero-order valence-corrected chi connectivity index (χ0v) is 15.1. The third-order valence-corrected chi connectivity index (χ3v) is 3.95. The average molecular weight is 390 g/mol. The quantitative estimate of drug-likeness (QED) is 0.717. The number of hydrogen-bond donors (Lipinski definition) is 1. The summed E-state index contributed by atoms with van der Waals surface area (Å²) >= 11 is 0. The topological polar surface area (TPSA) is 69.0 Å². The number of alkyl halides is 3. The van der Waals surface area contributed by atoms with Gasteiger partial charge in [0, 0.05) is 0 Å². The van der Waals surface area contributed by atoms with Gasteiger partial charge in [0.15, 0.2) is 6.61 Å². The molecule has 1 aromatic heterocycles. The number of rotatable bonds is 5. The van der Waals surface area contributed by atoms with Crippen LogP contribution in [0.1, 0.15) is 16.7 Å². The molecule has 0 aliphatic carbocycles. The van der Waals surface area contributed by atoms with Crippen LogP contribution in [0.25, 0.3) is 5.69 Å². The molecule has 0 unspecified atom stereocenters. The third kappa shape index (κ3) is 4.48. The van der Waals surface area contributed by atoms with Gasteiger partial charge < -0.3 is 10.1 Å². The Bertz CT molecular complexity index is 985. The number of halogens is 3. The first kappa shape index (κ1) is 19.4. The van der Waals surface area contributed by atoms with Crippen molar-refractivity contribution in [1.29, 1.82) is 0 Å². The molecule has 1 amide bonds. The van der Waals surface area contributed by atoms with Gasteiger partial charge in [-0.15, -0.1) is 0 Å². The number of aryl methyl sites for hydroxylation is 2. The van der Waals surface area contributed by atoms with Crippen LogP contribution < -0.4 is 10.1 Å². The molecule has 0 atom stereocenters. The van der Waals surface area contributed by atoms with E-state index in [2.05, 4.69) is 15.4 Å². The highest BCUT2D eigenvalue weighted by Crippen LogP contribution is 2.33. The van der Waals surface area contributed by atoms with Crippen LogP contribution >= 0.6 is 0 Å². The molecule has 0 aliphatic heterocycles. The van der Waals surface area contributed by atoms with E-state index >= 15 is 0 Å². The number of nitrogens with one attached hydrogen (secondary N) is 1. The maximum atomic E-state index is 13.1. The Hall–Kier alpha value is -3.36.